The molecule has 17 heavy (non-hydrogen) atoms. The minimum Gasteiger partial charge on any atom is -0.508 e. The number of fused-ring (bicyclic) bond motifs is 1. The van der Waals surface area contributed by atoms with Gasteiger partial charge >= 0.3 is 0 Å². The molecule has 3 nitrogen and oxygen atoms in total. The highest BCUT2D eigenvalue weighted by Crippen LogP contribution is 2.32. The highest BCUT2D eigenvalue weighted by Gasteiger charge is 2.06. The Hall–Kier alpha value is -2.07. The van der Waals surface area contributed by atoms with E-state index in [-0.39, 0.29) is 11.5 Å². The van der Waals surface area contributed by atoms with Gasteiger partial charge in [-0.2, -0.15) is 0 Å². The number of aromatic nitrogens is 1. The van der Waals surface area contributed by atoms with Crippen molar-refractivity contribution in [1.29, 1.82) is 0 Å². The molecule has 0 amide bonds. The van der Waals surface area contributed by atoms with Gasteiger partial charge in [-0.1, -0.05) is 0 Å². The van der Waals surface area contributed by atoms with Gasteiger partial charge in [-0.15, -0.1) is 11.3 Å². The molecule has 0 saturated heterocycles. The molecule has 0 aliphatic rings. The summed E-state index contributed by atoms with van der Waals surface area (Å²) in [5.41, 5.74) is 1.75. The number of phenolic OH excluding ortho intramolecular Hbond substituents is 2. The normalized spacial score (nSPS) is 10.8. The standard InChI is InChI=1S/C13H9NO2S/c15-9-3-1-8(2-4-9)13-14-11-7-10(16)5-6-12(11)17-13/h1-7,15-16H. The van der Waals surface area contributed by atoms with Gasteiger partial charge in [-0.3, -0.25) is 0 Å². The van der Waals surface area contributed by atoms with E-state index in [0.29, 0.717) is 0 Å². The Morgan fingerprint density at radius 2 is 1.59 bits per heavy atom. The van der Waals surface area contributed by atoms with Crippen molar-refractivity contribution < 1.29 is 10.2 Å². The van der Waals surface area contributed by atoms with Gasteiger partial charge in [-0.25, -0.2) is 4.98 Å². The predicted octanol–water partition coefficient (Wildman–Crippen LogP) is 3.37. The molecule has 0 atom stereocenters. The monoisotopic (exact) mass is 243 g/mol. The summed E-state index contributed by atoms with van der Waals surface area (Å²) in [4.78, 5) is 4.45. The molecular weight excluding hydrogens is 234 g/mol. The van der Waals surface area contributed by atoms with E-state index in [4.69, 9.17) is 0 Å². The first-order valence-corrected chi connectivity index (χ1v) is 5.93. The Bertz CT molecular complexity index is 673. The summed E-state index contributed by atoms with van der Waals surface area (Å²) < 4.78 is 1.03. The lowest BCUT2D eigenvalue weighted by molar-refractivity contribution is 0.475. The molecule has 0 radical (unpaired) electrons. The molecule has 1 heterocycles. The maximum Gasteiger partial charge on any atom is 0.124 e. The van der Waals surface area contributed by atoms with Gasteiger partial charge in [-0.05, 0) is 36.4 Å². The molecule has 2 N–H and O–H groups in total. The van der Waals surface area contributed by atoms with Crippen molar-refractivity contribution in [3.8, 4) is 22.1 Å². The number of hydrogen-bond acceptors (Lipinski definition) is 4. The molecule has 0 saturated carbocycles. The summed E-state index contributed by atoms with van der Waals surface area (Å²) in [5, 5.41) is 19.5. The Kier molecular flexibility index (Phi) is 2.23. The van der Waals surface area contributed by atoms with Crippen LogP contribution >= 0.6 is 11.3 Å². The van der Waals surface area contributed by atoms with Crippen LogP contribution in [0.15, 0.2) is 42.5 Å². The number of hydrogen-bond donors (Lipinski definition) is 2. The summed E-state index contributed by atoms with van der Waals surface area (Å²) in [6.07, 6.45) is 0. The van der Waals surface area contributed by atoms with E-state index in [9.17, 15) is 10.2 Å². The van der Waals surface area contributed by atoms with Crippen LogP contribution in [0.25, 0.3) is 20.8 Å². The number of benzene rings is 2. The Balaban J connectivity index is 2.14. The largest absolute Gasteiger partial charge is 0.508 e. The quantitative estimate of drug-likeness (QED) is 0.689. The van der Waals surface area contributed by atoms with Gasteiger partial charge in [0, 0.05) is 11.6 Å². The number of aromatic hydroxyl groups is 2. The number of thiazole rings is 1. The molecule has 0 bridgehead atoms. The van der Waals surface area contributed by atoms with Crippen LogP contribution in [0, 0.1) is 0 Å². The van der Waals surface area contributed by atoms with Crippen LogP contribution in [0.5, 0.6) is 11.5 Å². The number of phenols is 2. The molecule has 0 unspecified atom stereocenters. The van der Waals surface area contributed by atoms with Gasteiger partial charge in [0.25, 0.3) is 0 Å². The topological polar surface area (TPSA) is 53.4 Å². The second kappa shape index (κ2) is 3.75. The predicted molar refractivity (Wildman–Crippen MR) is 68.4 cm³/mol. The third-order valence-corrected chi connectivity index (χ3v) is 3.57. The number of nitrogens with zero attached hydrogens (tertiary/aromatic N) is 1. The minimum atomic E-state index is 0.222. The second-order valence-corrected chi connectivity index (χ2v) is 4.75. The molecule has 3 aromatic rings. The zero-order chi connectivity index (χ0) is 11.8. The van der Waals surface area contributed by atoms with Crippen LogP contribution in [0.3, 0.4) is 0 Å². The van der Waals surface area contributed by atoms with Crippen LogP contribution in [0.1, 0.15) is 0 Å². The van der Waals surface area contributed by atoms with E-state index < -0.39 is 0 Å². The van der Waals surface area contributed by atoms with Gasteiger partial charge in [0.15, 0.2) is 0 Å². The highest BCUT2D eigenvalue weighted by atomic mass is 32.1. The molecule has 0 aliphatic heterocycles. The smallest absolute Gasteiger partial charge is 0.124 e. The van der Waals surface area contributed by atoms with Crippen molar-refractivity contribution in [2.24, 2.45) is 0 Å². The van der Waals surface area contributed by atoms with Crippen LogP contribution in [-0.4, -0.2) is 15.2 Å². The zero-order valence-corrected chi connectivity index (χ0v) is 9.61. The fourth-order valence-electron chi connectivity index (χ4n) is 1.64. The minimum absolute atomic E-state index is 0.222. The first kappa shape index (κ1) is 10.1. The maximum absolute atomic E-state index is 9.38. The van der Waals surface area contributed by atoms with Crippen molar-refractivity contribution in [3.63, 3.8) is 0 Å². The van der Waals surface area contributed by atoms with Crippen LogP contribution < -0.4 is 0 Å². The van der Waals surface area contributed by atoms with Crippen molar-refractivity contribution in [1.82, 2.24) is 4.98 Å². The van der Waals surface area contributed by atoms with E-state index in [0.717, 1.165) is 20.8 Å². The van der Waals surface area contributed by atoms with Crippen molar-refractivity contribution >= 4 is 21.6 Å². The molecule has 2 aromatic carbocycles. The SMILES string of the molecule is Oc1ccc(-c2nc3cc(O)ccc3s2)cc1. The zero-order valence-electron chi connectivity index (χ0n) is 8.79. The van der Waals surface area contributed by atoms with Crippen molar-refractivity contribution in [3.05, 3.63) is 42.5 Å². The molecule has 1 aromatic heterocycles. The lowest BCUT2D eigenvalue weighted by Crippen LogP contribution is -1.74. The summed E-state index contributed by atoms with van der Waals surface area (Å²) in [5.74, 6) is 0.465. The van der Waals surface area contributed by atoms with Crippen molar-refractivity contribution in [2.45, 2.75) is 0 Å². The first-order chi connectivity index (χ1) is 8.22. The van der Waals surface area contributed by atoms with Crippen LogP contribution in [-0.2, 0) is 0 Å². The van der Waals surface area contributed by atoms with E-state index in [1.807, 2.05) is 18.2 Å². The van der Waals surface area contributed by atoms with E-state index in [2.05, 4.69) is 4.98 Å². The van der Waals surface area contributed by atoms with E-state index in [1.165, 1.54) is 0 Å². The van der Waals surface area contributed by atoms with Crippen LogP contribution in [0.2, 0.25) is 0 Å². The van der Waals surface area contributed by atoms with Gasteiger partial charge in [0.1, 0.15) is 16.5 Å². The Morgan fingerprint density at radius 3 is 2.35 bits per heavy atom. The second-order valence-electron chi connectivity index (χ2n) is 3.72. The fraction of sp³-hybridized carbons (Fsp3) is 0. The molecule has 0 spiro atoms. The molecule has 4 heteroatoms. The lowest BCUT2D eigenvalue weighted by atomic mass is 10.2. The van der Waals surface area contributed by atoms with E-state index in [1.54, 1.807) is 35.6 Å². The summed E-state index contributed by atoms with van der Waals surface area (Å²) in [6.45, 7) is 0. The Morgan fingerprint density at radius 1 is 0.882 bits per heavy atom. The summed E-state index contributed by atoms with van der Waals surface area (Å²) in [6, 6.07) is 12.1. The molecule has 0 fully saturated rings. The van der Waals surface area contributed by atoms with Gasteiger partial charge in [0.05, 0.1) is 10.2 Å². The first-order valence-electron chi connectivity index (χ1n) is 5.11. The lowest BCUT2D eigenvalue weighted by Gasteiger charge is -1.95. The third kappa shape index (κ3) is 1.83. The fourth-order valence-corrected chi connectivity index (χ4v) is 2.59. The molecule has 3 rings (SSSR count). The average molecular weight is 243 g/mol. The molecular formula is C13H9NO2S. The number of rotatable bonds is 1. The summed E-state index contributed by atoms with van der Waals surface area (Å²) >= 11 is 1.56. The van der Waals surface area contributed by atoms with Crippen LogP contribution in [0.4, 0.5) is 0 Å². The van der Waals surface area contributed by atoms with E-state index >= 15 is 0 Å². The average Bonchev–Trinajstić information content (AvgIpc) is 2.72. The van der Waals surface area contributed by atoms with Gasteiger partial charge in [0.2, 0.25) is 0 Å². The molecule has 0 aliphatic carbocycles. The Labute approximate surface area is 102 Å². The highest BCUT2D eigenvalue weighted by molar-refractivity contribution is 7.21. The summed E-state index contributed by atoms with van der Waals surface area (Å²) in [7, 11) is 0. The van der Waals surface area contributed by atoms with Crippen molar-refractivity contribution in [2.75, 3.05) is 0 Å². The maximum atomic E-state index is 9.38. The molecule has 84 valence electrons. The third-order valence-electron chi connectivity index (χ3n) is 2.49. The van der Waals surface area contributed by atoms with Gasteiger partial charge < -0.3 is 10.2 Å².